The Kier molecular flexibility index (Phi) is 59.4. The van der Waals surface area contributed by atoms with Crippen molar-refractivity contribution in [2.24, 2.45) is 0 Å². The van der Waals surface area contributed by atoms with Crippen molar-refractivity contribution in [3.63, 3.8) is 0 Å². The Morgan fingerprint density at radius 3 is 0.871 bits per heavy atom. The van der Waals surface area contributed by atoms with E-state index in [1.807, 2.05) is 0 Å². The fourth-order valence-electron chi connectivity index (χ4n) is 10.5. The van der Waals surface area contributed by atoms with Gasteiger partial charge in [-0.25, -0.2) is 0 Å². The zero-order chi connectivity index (χ0) is 50.7. The van der Waals surface area contributed by atoms with Crippen LogP contribution in [0.2, 0.25) is 0 Å². The number of ether oxygens (including phenoxy) is 1. The predicted octanol–water partition coefficient (Wildman–Crippen LogP) is 20.3. The van der Waals surface area contributed by atoms with Crippen LogP contribution in [0.5, 0.6) is 0 Å². The normalized spacial score (nSPS) is 12.5. The molecule has 0 bridgehead atoms. The number of hydrogen-bond donors (Lipinski definition) is 3. The third-order valence-corrected chi connectivity index (χ3v) is 15.4. The highest BCUT2D eigenvalue weighted by Crippen LogP contribution is 2.19. The fraction of sp³-hybridized carbons (Fsp3) is 0.969. The summed E-state index contributed by atoms with van der Waals surface area (Å²) in [7, 11) is 0. The van der Waals surface area contributed by atoms with Crippen LogP contribution in [0, 0.1) is 0 Å². The topological polar surface area (TPSA) is 95.9 Å². The van der Waals surface area contributed by atoms with Crippen molar-refractivity contribution < 1.29 is 24.5 Å². The van der Waals surface area contributed by atoms with E-state index in [2.05, 4.69) is 19.2 Å². The number of hydrogen-bond acceptors (Lipinski definition) is 5. The van der Waals surface area contributed by atoms with Crippen LogP contribution in [0.4, 0.5) is 0 Å². The Labute approximate surface area is 438 Å². The van der Waals surface area contributed by atoms with Crippen LogP contribution in [0.15, 0.2) is 0 Å². The molecule has 70 heavy (non-hydrogen) atoms. The maximum Gasteiger partial charge on any atom is 0.305 e. The van der Waals surface area contributed by atoms with Gasteiger partial charge in [0.25, 0.3) is 0 Å². The SMILES string of the molecule is CCCCCCCCCCCCCCCCCCCCCCC(O)C(CO)NC(=O)CCCCCCCCCCCCCCCCCCCCCCCCOC(=O)CCCCCCCCCCCCC. The molecule has 0 spiro atoms. The average molecular weight is 991 g/mol. The lowest BCUT2D eigenvalue weighted by Crippen LogP contribution is -2.45. The summed E-state index contributed by atoms with van der Waals surface area (Å²) in [5.74, 6) is -0.0163. The van der Waals surface area contributed by atoms with Crippen LogP contribution < -0.4 is 5.32 Å². The molecule has 2 atom stereocenters. The second-order valence-corrected chi connectivity index (χ2v) is 22.5. The van der Waals surface area contributed by atoms with Crippen LogP contribution in [0.3, 0.4) is 0 Å². The Morgan fingerprint density at radius 1 is 0.343 bits per heavy atom. The largest absolute Gasteiger partial charge is 0.466 e. The first-order chi connectivity index (χ1) is 34.5. The van der Waals surface area contributed by atoms with Crippen molar-refractivity contribution in [1.29, 1.82) is 0 Å². The Hall–Kier alpha value is -1.14. The monoisotopic (exact) mass is 990 g/mol. The number of carbonyl (C=O) groups excluding carboxylic acids is 2. The van der Waals surface area contributed by atoms with E-state index in [1.165, 1.54) is 302 Å². The summed E-state index contributed by atoms with van der Waals surface area (Å²) in [6, 6.07) is -0.541. The Bertz CT molecular complexity index is 1010. The third kappa shape index (κ3) is 56.2. The van der Waals surface area contributed by atoms with Gasteiger partial charge < -0.3 is 20.3 Å². The zero-order valence-corrected chi connectivity index (χ0v) is 47.8. The molecule has 0 aliphatic heterocycles. The molecule has 418 valence electrons. The van der Waals surface area contributed by atoms with Gasteiger partial charge >= 0.3 is 5.97 Å². The van der Waals surface area contributed by atoms with Crippen molar-refractivity contribution in [3.05, 3.63) is 0 Å². The third-order valence-electron chi connectivity index (χ3n) is 15.4. The highest BCUT2D eigenvalue weighted by atomic mass is 16.5. The van der Waals surface area contributed by atoms with Crippen molar-refractivity contribution in [1.82, 2.24) is 5.32 Å². The number of carbonyl (C=O) groups is 2. The average Bonchev–Trinajstić information content (AvgIpc) is 3.36. The first-order valence-corrected chi connectivity index (χ1v) is 32.3. The lowest BCUT2D eigenvalue weighted by Gasteiger charge is -2.22. The highest BCUT2D eigenvalue weighted by Gasteiger charge is 2.20. The zero-order valence-electron chi connectivity index (χ0n) is 47.8. The van der Waals surface area contributed by atoms with Gasteiger partial charge in [0.1, 0.15) is 0 Å². The highest BCUT2D eigenvalue weighted by molar-refractivity contribution is 5.76. The number of aliphatic hydroxyl groups excluding tert-OH is 2. The maximum atomic E-state index is 12.5. The van der Waals surface area contributed by atoms with Gasteiger partial charge in [0.2, 0.25) is 5.91 Å². The summed E-state index contributed by atoms with van der Waals surface area (Å²) in [5, 5.41) is 23.4. The summed E-state index contributed by atoms with van der Waals surface area (Å²) >= 11 is 0. The smallest absolute Gasteiger partial charge is 0.305 e. The standard InChI is InChI=1S/C64H127NO5/c1-3-5-7-9-11-13-15-16-17-18-19-24-27-30-33-37-40-44-48-52-56-62(67)61(60-66)65-63(68)57-53-49-45-41-38-34-31-28-25-22-20-21-23-26-29-32-35-39-43-47-51-55-59-70-64(69)58-54-50-46-42-36-14-12-10-8-6-4-2/h61-62,66-67H,3-60H2,1-2H3,(H,65,68). The van der Waals surface area contributed by atoms with E-state index in [0.717, 1.165) is 38.5 Å². The quantitative estimate of drug-likeness (QED) is 0.0417. The fourth-order valence-corrected chi connectivity index (χ4v) is 10.5. The first kappa shape index (κ1) is 68.9. The molecule has 0 aromatic heterocycles. The lowest BCUT2D eigenvalue weighted by atomic mass is 10.0. The Balaban J connectivity index is 3.37. The van der Waals surface area contributed by atoms with Crippen LogP contribution >= 0.6 is 0 Å². The van der Waals surface area contributed by atoms with Crippen molar-refractivity contribution in [2.75, 3.05) is 13.2 Å². The molecule has 0 radical (unpaired) electrons. The number of nitrogens with one attached hydrogen (secondary N) is 1. The molecule has 1 amide bonds. The van der Waals surface area contributed by atoms with Gasteiger partial charge in [-0.3, -0.25) is 9.59 Å². The predicted molar refractivity (Wildman–Crippen MR) is 306 cm³/mol. The van der Waals surface area contributed by atoms with E-state index in [0.29, 0.717) is 25.9 Å². The molecule has 0 heterocycles. The van der Waals surface area contributed by atoms with Gasteiger partial charge in [0.05, 0.1) is 25.4 Å². The van der Waals surface area contributed by atoms with Gasteiger partial charge in [-0.05, 0) is 25.7 Å². The second-order valence-electron chi connectivity index (χ2n) is 22.5. The lowest BCUT2D eigenvalue weighted by molar-refractivity contribution is -0.143. The summed E-state index contributed by atoms with van der Waals surface area (Å²) in [4.78, 5) is 24.5. The van der Waals surface area contributed by atoms with E-state index >= 15 is 0 Å². The molecule has 6 nitrogen and oxygen atoms in total. The summed E-state index contributed by atoms with van der Waals surface area (Å²) in [6.45, 7) is 4.99. The van der Waals surface area contributed by atoms with E-state index in [-0.39, 0.29) is 18.5 Å². The van der Waals surface area contributed by atoms with Crippen LogP contribution in [-0.4, -0.2) is 47.4 Å². The molecular formula is C64H127NO5. The molecule has 0 aromatic rings. The molecule has 0 aliphatic carbocycles. The molecule has 3 N–H and O–H groups in total. The number of aliphatic hydroxyl groups is 2. The molecule has 0 aliphatic rings. The van der Waals surface area contributed by atoms with Crippen molar-refractivity contribution in [2.45, 2.75) is 386 Å². The number of esters is 1. The van der Waals surface area contributed by atoms with Gasteiger partial charge in [-0.1, -0.05) is 335 Å². The van der Waals surface area contributed by atoms with E-state index in [9.17, 15) is 19.8 Å². The minimum absolute atomic E-state index is 0.0142. The Morgan fingerprint density at radius 2 is 0.586 bits per heavy atom. The van der Waals surface area contributed by atoms with Gasteiger partial charge in [-0.15, -0.1) is 0 Å². The van der Waals surface area contributed by atoms with Crippen molar-refractivity contribution >= 4 is 11.9 Å². The van der Waals surface area contributed by atoms with Gasteiger partial charge in [-0.2, -0.15) is 0 Å². The number of rotatable bonds is 61. The minimum atomic E-state index is -0.664. The second kappa shape index (κ2) is 60.4. The van der Waals surface area contributed by atoms with Crippen LogP contribution in [0.1, 0.15) is 373 Å². The summed E-state index contributed by atoms with van der Waals surface area (Å²) in [6.07, 6.45) is 71.2. The molecule has 0 saturated carbocycles. The molecule has 0 aromatic carbocycles. The summed E-state index contributed by atoms with van der Waals surface area (Å²) in [5.41, 5.74) is 0. The maximum absolute atomic E-state index is 12.5. The molecule has 2 unspecified atom stereocenters. The van der Waals surface area contributed by atoms with Crippen molar-refractivity contribution in [3.8, 4) is 0 Å². The number of amides is 1. The van der Waals surface area contributed by atoms with Crippen LogP contribution in [-0.2, 0) is 14.3 Å². The number of unbranched alkanes of at least 4 members (excludes halogenated alkanes) is 50. The van der Waals surface area contributed by atoms with Crippen LogP contribution in [0.25, 0.3) is 0 Å². The minimum Gasteiger partial charge on any atom is -0.466 e. The molecule has 6 heteroatoms. The van der Waals surface area contributed by atoms with Gasteiger partial charge in [0.15, 0.2) is 0 Å². The van der Waals surface area contributed by atoms with Gasteiger partial charge in [0, 0.05) is 12.8 Å². The molecule has 0 rings (SSSR count). The van der Waals surface area contributed by atoms with E-state index < -0.39 is 12.1 Å². The molecule has 0 fully saturated rings. The summed E-state index contributed by atoms with van der Waals surface area (Å²) < 4.78 is 5.47. The molecule has 0 saturated heterocycles. The molecular weight excluding hydrogens is 863 g/mol. The first-order valence-electron chi connectivity index (χ1n) is 32.3. The van der Waals surface area contributed by atoms with E-state index in [4.69, 9.17) is 4.74 Å². The van der Waals surface area contributed by atoms with E-state index in [1.54, 1.807) is 0 Å².